The summed E-state index contributed by atoms with van der Waals surface area (Å²) < 4.78 is 24.8. The van der Waals surface area contributed by atoms with E-state index in [1.54, 1.807) is 23.1 Å². The van der Waals surface area contributed by atoms with Crippen molar-refractivity contribution in [3.63, 3.8) is 0 Å². The van der Waals surface area contributed by atoms with Gasteiger partial charge in [0.05, 0.1) is 0 Å². The minimum atomic E-state index is -3.57. The van der Waals surface area contributed by atoms with Crippen molar-refractivity contribution in [2.45, 2.75) is 12.6 Å². The van der Waals surface area contributed by atoms with Gasteiger partial charge in [0, 0.05) is 18.9 Å². The van der Waals surface area contributed by atoms with Crippen molar-refractivity contribution in [2.75, 3.05) is 6.54 Å². The van der Waals surface area contributed by atoms with E-state index in [0.717, 1.165) is 6.42 Å². The van der Waals surface area contributed by atoms with Crippen molar-refractivity contribution in [1.82, 2.24) is 14.1 Å². The molecule has 0 aliphatic carbocycles. The van der Waals surface area contributed by atoms with Crippen molar-refractivity contribution >= 4 is 10.2 Å². The van der Waals surface area contributed by atoms with Crippen LogP contribution in [0.1, 0.15) is 12.6 Å². The predicted molar refractivity (Wildman–Crippen MR) is 45.7 cm³/mol. The Morgan fingerprint density at radius 1 is 1.54 bits per heavy atom. The smallest absolute Gasteiger partial charge is 0.254 e. The zero-order valence-corrected chi connectivity index (χ0v) is 7.68. The van der Waals surface area contributed by atoms with Crippen molar-refractivity contribution in [2.24, 2.45) is 5.14 Å². The molecule has 0 radical (unpaired) electrons. The van der Waals surface area contributed by atoms with Crippen LogP contribution in [-0.2, 0) is 10.2 Å². The molecule has 1 aromatic rings. The summed E-state index contributed by atoms with van der Waals surface area (Å²) in [6, 6.07) is 1.75. The maximum atomic E-state index is 11.0. The van der Waals surface area contributed by atoms with E-state index < -0.39 is 10.2 Å². The molecule has 0 aromatic carbocycles. The first kappa shape index (κ1) is 8.67. The Balaban J connectivity index is 2.21. The first-order chi connectivity index (χ1) is 6.09. The van der Waals surface area contributed by atoms with E-state index in [1.807, 2.05) is 0 Å². The highest BCUT2D eigenvalue weighted by Gasteiger charge is 2.36. The summed E-state index contributed by atoms with van der Waals surface area (Å²) in [4.78, 5) is 0. The van der Waals surface area contributed by atoms with E-state index in [9.17, 15) is 8.42 Å². The molecule has 1 aliphatic rings. The lowest BCUT2D eigenvalue weighted by atomic mass is 10.2. The van der Waals surface area contributed by atoms with E-state index in [1.165, 1.54) is 4.31 Å². The number of nitrogens with two attached hydrogens (primary N) is 1. The molecular weight excluding hydrogens is 192 g/mol. The maximum Gasteiger partial charge on any atom is 0.278 e. The van der Waals surface area contributed by atoms with Crippen LogP contribution >= 0.6 is 0 Å². The highest BCUT2D eigenvalue weighted by atomic mass is 32.2. The van der Waals surface area contributed by atoms with Crippen molar-refractivity contribution in [3.8, 4) is 0 Å². The number of hydrogen-bond donors (Lipinski definition) is 1. The van der Waals surface area contributed by atoms with Crippen LogP contribution in [0.5, 0.6) is 0 Å². The standard InChI is InChI=1S/C6H10N4O2S/c7-13(11,12)10-5-2-6(10)9-4-1-3-8-9/h1,3-4,6H,2,5H2,(H2,7,11,12). The third-order valence-corrected chi connectivity index (χ3v) is 3.18. The summed E-state index contributed by atoms with van der Waals surface area (Å²) in [5, 5.41) is 8.95. The van der Waals surface area contributed by atoms with E-state index in [0.29, 0.717) is 6.54 Å². The fourth-order valence-corrected chi connectivity index (χ4v) is 2.27. The van der Waals surface area contributed by atoms with Gasteiger partial charge in [-0.25, -0.2) is 5.14 Å². The molecule has 0 saturated carbocycles. The average molecular weight is 202 g/mol. The lowest BCUT2D eigenvalue weighted by Crippen LogP contribution is -2.50. The van der Waals surface area contributed by atoms with Gasteiger partial charge in [0.1, 0.15) is 6.17 Å². The van der Waals surface area contributed by atoms with Gasteiger partial charge in [0.2, 0.25) is 0 Å². The zero-order valence-electron chi connectivity index (χ0n) is 6.87. The topological polar surface area (TPSA) is 81.2 Å². The molecule has 6 nitrogen and oxygen atoms in total. The fourth-order valence-electron chi connectivity index (χ4n) is 1.37. The lowest BCUT2D eigenvalue weighted by Gasteiger charge is -2.37. The summed E-state index contributed by atoms with van der Waals surface area (Å²) in [5.41, 5.74) is 0. The van der Waals surface area contributed by atoms with E-state index in [4.69, 9.17) is 5.14 Å². The third kappa shape index (κ3) is 1.45. The Kier molecular flexibility index (Phi) is 1.86. The first-order valence-electron chi connectivity index (χ1n) is 3.88. The highest BCUT2D eigenvalue weighted by molar-refractivity contribution is 7.86. The largest absolute Gasteiger partial charge is 0.278 e. The molecule has 13 heavy (non-hydrogen) atoms. The van der Waals surface area contributed by atoms with E-state index in [2.05, 4.69) is 5.10 Å². The van der Waals surface area contributed by atoms with Gasteiger partial charge in [-0.3, -0.25) is 4.68 Å². The minimum Gasteiger partial charge on any atom is -0.254 e. The third-order valence-electron chi connectivity index (χ3n) is 2.10. The van der Waals surface area contributed by atoms with Gasteiger partial charge in [-0.05, 0) is 12.5 Å². The molecule has 1 atom stereocenters. The summed E-state index contributed by atoms with van der Waals surface area (Å²) in [5.74, 6) is 0. The predicted octanol–water partition coefficient (Wildman–Crippen LogP) is -0.709. The highest BCUT2D eigenvalue weighted by Crippen LogP contribution is 2.28. The Morgan fingerprint density at radius 2 is 2.31 bits per heavy atom. The Labute approximate surface area is 76.1 Å². The zero-order chi connectivity index (χ0) is 9.47. The molecule has 72 valence electrons. The van der Waals surface area contributed by atoms with Gasteiger partial charge in [0.25, 0.3) is 10.2 Å². The molecule has 2 rings (SSSR count). The van der Waals surface area contributed by atoms with Crippen LogP contribution in [0.15, 0.2) is 18.5 Å². The van der Waals surface area contributed by atoms with Gasteiger partial charge in [-0.15, -0.1) is 0 Å². The molecule has 7 heteroatoms. The Hall–Kier alpha value is -0.920. The van der Waals surface area contributed by atoms with E-state index in [-0.39, 0.29) is 6.17 Å². The molecule has 0 bridgehead atoms. The normalized spacial score (nSPS) is 24.2. The molecule has 2 heterocycles. The van der Waals surface area contributed by atoms with Crippen LogP contribution in [0.25, 0.3) is 0 Å². The van der Waals surface area contributed by atoms with Gasteiger partial charge < -0.3 is 0 Å². The van der Waals surface area contributed by atoms with Crippen LogP contribution in [-0.4, -0.2) is 29.0 Å². The minimum absolute atomic E-state index is 0.231. The first-order valence-corrected chi connectivity index (χ1v) is 5.38. The van der Waals surface area contributed by atoms with Gasteiger partial charge >= 0.3 is 0 Å². The van der Waals surface area contributed by atoms with Crippen molar-refractivity contribution in [1.29, 1.82) is 0 Å². The van der Waals surface area contributed by atoms with Gasteiger partial charge in [-0.2, -0.15) is 17.8 Å². The lowest BCUT2D eigenvalue weighted by molar-refractivity contribution is 0.119. The molecule has 1 saturated heterocycles. The molecule has 1 fully saturated rings. The Morgan fingerprint density at radius 3 is 2.69 bits per heavy atom. The fraction of sp³-hybridized carbons (Fsp3) is 0.500. The molecule has 1 aliphatic heterocycles. The molecule has 0 spiro atoms. The van der Waals surface area contributed by atoms with Crippen LogP contribution in [0.3, 0.4) is 0 Å². The van der Waals surface area contributed by atoms with Crippen LogP contribution in [0, 0.1) is 0 Å². The SMILES string of the molecule is NS(=O)(=O)N1CCC1n1cccn1. The van der Waals surface area contributed by atoms with Gasteiger partial charge in [-0.1, -0.05) is 0 Å². The van der Waals surface area contributed by atoms with Crippen LogP contribution in [0.2, 0.25) is 0 Å². The number of rotatable bonds is 2. The second kappa shape index (κ2) is 2.79. The quantitative estimate of drug-likeness (QED) is 0.688. The van der Waals surface area contributed by atoms with Crippen LogP contribution in [0.4, 0.5) is 0 Å². The summed E-state index contributed by atoms with van der Waals surface area (Å²) in [6.07, 6.45) is 3.87. The van der Waals surface area contributed by atoms with E-state index >= 15 is 0 Å². The second-order valence-electron chi connectivity index (χ2n) is 2.91. The molecule has 2 N–H and O–H groups in total. The molecule has 1 unspecified atom stereocenters. The summed E-state index contributed by atoms with van der Waals surface area (Å²) in [6.45, 7) is 0.476. The maximum absolute atomic E-state index is 11.0. The number of hydrogen-bond acceptors (Lipinski definition) is 3. The van der Waals surface area contributed by atoms with Crippen molar-refractivity contribution in [3.05, 3.63) is 18.5 Å². The molecular formula is C6H10N4O2S. The monoisotopic (exact) mass is 202 g/mol. The summed E-state index contributed by atoms with van der Waals surface area (Å²) >= 11 is 0. The Bertz CT molecular complexity index is 385. The summed E-state index contributed by atoms with van der Waals surface area (Å²) in [7, 11) is -3.57. The van der Waals surface area contributed by atoms with Gasteiger partial charge in [0.15, 0.2) is 0 Å². The number of nitrogens with zero attached hydrogens (tertiary/aromatic N) is 3. The molecule has 1 aromatic heterocycles. The second-order valence-corrected chi connectivity index (χ2v) is 4.41. The van der Waals surface area contributed by atoms with Crippen LogP contribution < -0.4 is 5.14 Å². The number of aromatic nitrogens is 2. The average Bonchev–Trinajstić information content (AvgIpc) is 2.32. The van der Waals surface area contributed by atoms with Crippen molar-refractivity contribution < 1.29 is 8.42 Å². The molecule has 0 amide bonds.